The number of carbonyl (C=O) groups is 1. The highest BCUT2D eigenvalue weighted by Crippen LogP contribution is 2.36. The van der Waals surface area contributed by atoms with Crippen molar-refractivity contribution >= 4 is 5.97 Å². The number of halogens is 3. The second kappa shape index (κ2) is 7.60. The van der Waals surface area contributed by atoms with Crippen molar-refractivity contribution in [2.24, 2.45) is 0 Å². The van der Waals surface area contributed by atoms with Crippen LogP contribution in [0.4, 0.5) is 13.2 Å². The molecular weight excluding hydrogens is 301 g/mol. The van der Waals surface area contributed by atoms with Gasteiger partial charge in [-0.05, 0) is 12.5 Å². The second-order valence-electron chi connectivity index (χ2n) is 4.88. The molecule has 7 heteroatoms. The number of alkyl halides is 3. The van der Waals surface area contributed by atoms with Crippen LogP contribution in [0.3, 0.4) is 0 Å². The van der Waals surface area contributed by atoms with Crippen LogP contribution in [0.25, 0.3) is 0 Å². The zero-order valence-electron chi connectivity index (χ0n) is 12.4. The predicted octanol–water partition coefficient (Wildman–Crippen LogP) is 3.01. The molecule has 0 radical (unpaired) electrons. The second-order valence-corrected chi connectivity index (χ2v) is 4.88. The molecule has 4 nitrogen and oxygen atoms in total. The van der Waals surface area contributed by atoms with Crippen molar-refractivity contribution in [3.05, 3.63) is 35.9 Å². The van der Waals surface area contributed by atoms with Crippen LogP contribution in [-0.2, 0) is 14.3 Å². The van der Waals surface area contributed by atoms with Crippen molar-refractivity contribution in [2.45, 2.75) is 37.6 Å². The van der Waals surface area contributed by atoms with Crippen LogP contribution in [0.1, 0.15) is 31.4 Å². The van der Waals surface area contributed by atoms with Crippen molar-refractivity contribution < 1.29 is 32.5 Å². The summed E-state index contributed by atoms with van der Waals surface area (Å²) < 4.78 is 47.8. The zero-order valence-corrected chi connectivity index (χ0v) is 12.4. The molecule has 1 aromatic rings. The number of esters is 1. The summed E-state index contributed by atoms with van der Waals surface area (Å²) in [6, 6.07) is 8.41. The van der Waals surface area contributed by atoms with Gasteiger partial charge in [-0.2, -0.15) is 13.2 Å². The van der Waals surface area contributed by atoms with E-state index in [4.69, 9.17) is 4.74 Å². The fourth-order valence-corrected chi connectivity index (χ4v) is 2.14. The summed E-state index contributed by atoms with van der Waals surface area (Å²) in [6.07, 6.45) is -7.81. The van der Waals surface area contributed by atoms with E-state index >= 15 is 0 Å². The van der Waals surface area contributed by atoms with Gasteiger partial charge in [0.2, 0.25) is 0 Å². The number of methoxy groups -OCH3 is 1. The Hall–Kier alpha value is -1.60. The van der Waals surface area contributed by atoms with E-state index in [-0.39, 0.29) is 6.61 Å². The standard InChI is InChI=1S/C15H19F3O4/c1-3-22-13(19)14(20,10-15(16,17)18)9-12(21-2)11-7-5-4-6-8-11/h4-8,12,20H,3,9-10H2,1-2H3. The molecule has 124 valence electrons. The normalized spacial score (nSPS) is 15.9. The lowest BCUT2D eigenvalue weighted by Crippen LogP contribution is -2.45. The number of rotatable bonds is 7. The first-order valence-corrected chi connectivity index (χ1v) is 6.76. The van der Waals surface area contributed by atoms with Crippen molar-refractivity contribution in [1.82, 2.24) is 0 Å². The minimum absolute atomic E-state index is 0.123. The maximum absolute atomic E-state index is 12.7. The van der Waals surface area contributed by atoms with Crippen LogP contribution in [-0.4, -0.2) is 36.6 Å². The summed E-state index contributed by atoms with van der Waals surface area (Å²) >= 11 is 0. The van der Waals surface area contributed by atoms with Crippen LogP contribution in [0.2, 0.25) is 0 Å². The van der Waals surface area contributed by atoms with E-state index in [9.17, 15) is 23.1 Å². The van der Waals surface area contributed by atoms with Gasteiger partial charge in [-0.3, -0.25) is 0 Å². The van der Waals surface area contributed by atoms with Gasteiger partial charge in [0.05, 0.1) is 19.1 Å². The molecule has 0 bridgehead atoms. The van der Waals surface area contributed by atoms with Gasteiger partial charge in [-0.1, -0.05) is 30.3 Å². The van der Waals surface area contributed by atoms with Gasteiger partial charge in [0.25, 0.3) is 0 Å². The smallest absolute Gasteiger partial charge is 0.392 e. The van der Waals surface area contributed by atoms with E-state index in [2.05, 4.69) is 4.74 Å². The molecule has 0 fully saturated rings. The minimum atomic E-state index is -4.71. The molecule has 2 unspecified atom stereocenters. The molecule has 1 N–H and O–H groups in total. The third kappa shape index (κ3) is 5.31. The highest BCUT2D eigenvalue weighted by atomic mass is 19.4. The Morgan fingerprint density at radius 2 is 1.86 bits per heavy atom. The van der Waals surface area contributed by atoms with E-state index in [1.165, 1.54) is 14.0 Å². The van der Waals surface area contributed by atoms with E-state index in [1.807, 2.05) is 0 Å². The molecule has 0 aromatic heterocycles. The summed E-state index contributed by atoms with van der Waals surface area (Å²) in [5.74, 6) is -1.30. The molecule has 0 spiro atoms. The Bertz CT molecular complexity index is 475. The summed E-state index contributed by atoms with van der Waals surface area (Å²) in [7, 11) is 1.30. The molecule has 0 aliphatic heterocycles. The molecule has 1 aromatic carbocycles. The number of hydrogen-bond acceptors (Lipinski definition) is 4. The van der Waals surface area contributed by atoms with Gasteiger partial charge in [0.15, 0.2) is 5.60 Å². The third-order valence-electron chi connectivity index (χ3n) is 3.13. The van der Waals surface area contributed by atoms with Crippen LogP contribution < -0.4 is 0 Å². The number of carbonyl (C=O) groups excluding carboxylic acids is 1. The van der Waals surface area contributed by atoms with Crippen molar-refractivity contribution in [2.75, 3.05) is 13.7 Å². The fourth-order valence-electron chi connectivity index (χ4n) is 2.14. The Balaban J connectivity index is 3.03. The van der Waals surface area contributed by atoms with Crippen LogP contribution in [0, 0.1) is 0 Å². The first-order valence-electron chi connectivity index (χ1n) is 6.76. The first-order chi connectivity index (χ1) is 10.2. The molecule has 2 atom stereocenters. The summed E-state index contributed by atoms with van der Waals surface area (Å²) in [5.41, 5.74) is -2.12. The Morgan fingerprint density at radius 1 is 1.27 bits per heavy atom. The highest BCUT2D eigenvalue weighted by Gasteiger charge is 2.49. The maximum Gasteiger partial charge on any atom is 0.392 e. The molecule has 0 amide bonds. The Labute approximate surface area is 126 Å². The molecule has 0 heterocycles. The van der Waals surface area contributed by atoms with Crippen LogP contribution in [0.5, 0.6) is 0 Å². The van der Waals surface area contributed by atoms with Crippen molar-refractivity contribution in [3.8, 4) is 0 Å². The maximum atomic E-state index is 12.7. The molecule has 0 aliphatic rings. The quantitative estimate of drug-likeness (QED) is 0.785. The third-order valence-corrected chi connectivity index (χ3v) is 3.13. The summed E-state index contributed by atoms with van der Waals surface area (Å²) in [6.45, 7) is 1.33. The molecular formula is C15H19F3O4. The van der Waals surface area contributed by atoms with Gasteiger partial charge >= 0.3 is 12.1 Å². The monoisotopic (exact) mass is 320 g/mol. The predicted molar refractivity (Wildman–Crippen MR) is 73.1 cm³/mol. The van der Waals surface area contributed by atoms with Gasteiger partial charge < -0.3 is 14.6 Å². The van der Waals surface area contributed by atoms with Crippen molar-refractivity contribution in [3.63, 3.8) is 0 Å². The minimum Gasteiger partial charge on any atom is -0.464 e. The Kier molecular flexibility index (Phi) is 6.37. The van der Waals surface area contributed by atoms with Gasteiger partial charge in [-0.15, -0.1) is 0 Å². The largest absolute Gasteiger partial charge is 0.464 e. The van der Waals surface area contributed by atoms with Gasteiger partial charge in [0.1, 0.15) is 0 Å². The lowest BCUT2D eigenvalue weighted by Gasteiger charge is -2.30. The molecule has 0 aliphatic carbocycles. The van der Waals surface area contributed by atoms with E-state index < -0.39 is 36.7 Å². The van der Waals surface area contributed by atoms with Crippen molar-refractivity contribution in [1.29, 1.82) is 0 Å². The average Bonchev–Trinajstić information content (AvgIpc) is 2.44. The van der Waals surface area contributed by atoms with Crippen LogP contribution in [0.15, 0.2) is 30.3 Å². The molecule has 0 saturated carbocycles. The fraction of sp³-hybridized carbons (Fsp3) is 0.533. The SMILES string of the molecule is CCOC(=O)C(O)(CC(OC)c1ccccc1)CC(F)(F)F. The Morgan fingerprint density at radius 3 is 2.32 bits per heavy atom. The summed E-state index contributed by atoms with van der Waals surface area (Å²) in [5, 5.41) is 10.2. The number of ether oxygens (including phenoxy) is 2. The van der Waals surface area contributed by atoms with Gasteiger partial charge in [0, 0.05) is 13.5 Å². The average molecular weight is 320 g/mol. The van der Waals surface area contributed by atoms with E-state index in [0.717, 1.165) is 0 Å². The van der Waals surface area contributed by atoms with E-state index in [0.29, 0.717) is 5.56 Å². The molecule has 1 rings (SSSR count). The lowest BCUT2D eigenvalue weighted by atomic mass is 9.89. The zero-order chi connectivity index (χ0) is 16.8. The molecule has 22 heavy (non-hydrogen) atoms. The number of benzene rings is 1. The molecule has 0 saturated heterocycles. The van der Waals surface area contributed by atoms with E-state index in [1.54, 1.807) is 30.3 Å². The number of aliphatic hydroxyl groups is 1. The topological polar surface area (TPSA) is 55.8 Å². The highest BCUT2D eigenvalue weighted by molar-refractivity contribution is 5.79. The lowest BCUT2D eigenvalue weighted by molar-refractivity contribution is -0.203. The first kappa shape index (κ1) is 18.4. The van der Waals surface area contributed by atoms with Gasteiger partial charge in [-0.25, -0.2) is 4.79 Å². The summed E-state index contributed by atoms with van der Waals surface area (Å²) in [4.78, 5) is 11.8. The van der Waals surface area contributed by atoms with Crippen LogP contribution >= 0.6 is 0 Å². The number of hydrogen-bond donors (Lipinski definition) is 1.